The zero-order chi connectivity index (χ0) is 15.2. The third-order valence-corrected chi connectivity index (χ3v) is 6.27. The molecule has 1 aromatic heterocycles. The standard InChI is InChI=1S/C13H25N3O2S2/c1-11(2)16(3)9-5-4-8-15-20(17,18)13-7-6-12(10-14)19-13/h6-7,11,15H,4-5,8-10,14H2,1-3H3. The molecule has 1 heterocycles. The second kappa shape index (κ2) is 8.09. The number of sulfonamides is 1. The van der Waals surface area contributed by atoms with E-state index in [0.717, 1.165) is 24.3 Å². The Balaban J connectivity index is 2.34. The summed E-state index contributed by atoms with van der Waals surface area (Å²) in [4.78, 5) is 3.13. The van der Waals surface area contributed by atoms with E-state index in [4.69, 9.17) is 5.73 Å². The van der Waals surface area contributed by atoms with Crippen molar-refractivity contribution in [3.63, 3.8) is 0 Å². The largest absolute Gasteiger partial charge is 0.326 e. The molecule has 0 aliphatic heterocycles. The van der Waals surface area contributed by atoms with Gasteiger partial charge in [-0.2, -0.15) is 0 Å². The molecule has 0 radical (unpaired) electrons. The lowest BCUT2D eigenvalue weighted by atomic mass is 10.2. The highest BCUT2D eigenvalue weighted by Crippen LogP contribution is 2.20. The van der Waals surface area contributed by atoms with E-state index in [-0.39, 0.29) is 0 Å². The molecular formula is C13H25N3O2S2. The highest BCUT2D eigenvalue weighted by molar-refractivity contribution is 7.91. The lowest BCUT2D eigenvalue weighted by molar-refractivity contribution is 0.268. The zero-order valence-electron chi connectivity index (χ0n) is 12.4. The third kappa shape index (κ3) is 5.49. The molecular weight excluding hydrogens is 294 g/mol. The summed E-state index contributed by atoms with van der Waals surface area (Å²) in [5.41, 5.74) is 5.49. The van der Waals surface area contributed by atoms with Crippen LogP contribution in [0.5, 0.6) is 0 Å². The third-order valence-electron chi connectivity index (χ3n) is 3.21. The number of rotatable bonds is 9. The first-order valence-corrected chi connectivity index (χ1v) is 9.15. The van der Waals surface area contributed by atoms with E-state index in [1.165, 1.54) is 11.3 Å². The molecule has 0 aliphatic rings. The molecule has 20 heavy (non-hydrogen) atoms. The second-order valence-electron chi connectivity index (χ2n) is 5.10. The molecule has 1 aromatic rings. The van der Waals surface area contributed by atoms with E-state index in [1.54, 1.807) is 12.1 Å². The molecule has 0 fully saturated rings. The van der Waals surface area contributed by atoms with E-state index in [1.807, 2.05) is 0 Å². The molecule has 5 nitrogen and oxygen atoms in total. The highest BCUT2D eigenvalue weighted by Gasteiger charge is 2.15. The molecule has 3 N–H and O–H groups in total. The van der Waals surface area contributed by atoms with Gasteiger partial charge in [0.2, 0.25) is 10.0 Å². The van der Waals surface area contributed by atoms with Crippen LogP contribution < -0.4 is 10.5 Å². The number of hydrogen-bond donors (Lipinski definition) is 2. The lowest BCUT2D eigenvalue weighted by Crippen LogP contribution is -2.28. The highest BCUT2D eigenvalue weighted by atomic mass is 32.2. The fraction of sp³-hybridized carbons (Fsp3) is 0.692. The maximum absolute atomic E-state index is 12.0. The van der Waals surface area contributed by atoms with Crippen molar-refractivity contribution in [3.8, 4) is 0 Å². The average molecular weight is 319 g/mol. The Bertz CT molecular complexity index is 497. The summed E-state index contributed by atoms with van der Waals surface area (Å²) in [6, 6.07) is 3.89. The van der Waals surface area contributed by atoms with Gasteiger partial charge in [-0.05, 0) is 52.4 Å². The fourth-order valence-electron chi connectivity index (χ4n) is 1.63. The van der Waals surface area contributed by atoms with Crippen molar-refractivity contribution in [2.75, 3.05) is 20.1 Å². The number of unbranched alkanes of at least 4 members (excludes halogenated alkanes) is 1. The van der Waals surface area contributed by atoms with Gasteiger partial charge in [-0.3, -0.25) is 0 Å². The summed E-state index contributed by atoms with van der Waals surface area (Å²) in [6.07, 6.45) is 1.82. The zero-order valence-corrected chi connectivity index (χ0v) is 14.1. The molecule has 1 rings (SSSR count). The predicted molar refractivity (Wildman–Crippen MR) is 84.4 cm³/mol. The molecule has 0 bridgehead atoms. The van der Waals surface area contributed by atoms with Crippen LogP contribution in [0.4, 0.5) is 0 Å². The van der Waals surface area contributed by atoms with Crippen LogP contribution in [0.1, 0.15) is 31.6 Å². The molecule has 116 valence electrons. The molecule has 0 atom stereocenters. The Morgan fingerprint density at radius 2 is 2.05 bits per heavy atom. The van der Waals surface area contributed by atoms with Crippen molar-refractivity contribution < 1.29 is 8.42 Å². The molecule has 7 heteroatoms. The summed E-state index contributed by atoms with van der Waals surface area (Å²) < 4.78 is 27.0. The van der Waals surface area contributed by atoms with Crippen molar-refractivity contribution >= 4 is 21.4 Å². The van der Waals surface area contributed by atoms with Crippen molar-refractivity contribution in [3.05, 3.63) is 17.0 Å². The summed E-state index contributed by atoms with van der Waals surface area (Å²) >= 11 is 1.23. The molecule has 0 saturated carbocycles. The van der Waals surface area contributed by atoms with Gasteiger partial charge in [-0.1, -0.05) is 0 Å². The van der Waals surface area contributed by atoms with Gasteiger partial charge < -0.3 is 10.6 Å². The maximum Gasteiger partial charge on any atom is 0.250 e. The first-order chi connectivity index (χ1) is 9.36. The van der Waals surface area contributed by atoms with Crippen molar-refractivity contribution in [2.45, 2.75) is 43.5 Å². The number of nitrogens with two attached hydrogens (primary N) is 1. The van der Waals surface area contributed by atoms with Gasteiger partial charge in [0, 0.05) is 24.0 Å². The van der Waals surface area contributed by atoms with E-state index in [0.29, 0.717) is 23.3 Å². The smallest absolute Gasteiger partial charge is 0.250 e. The van der Waals surface area contributed by atoms with Gasteiger partial charge in [-0.25, -0.2) is 13.1 Å². The van der Waals surface area contributed by atoms with Gasteiger partial charge in [-0.15, -0.1) is 11.3 Å². The van der Waals surface area contributed by atoms with Crippen LogP contribution in [0.25, 0.3) is 0 Å². The maximum atomic E-state index is 12.0. The average Bonchev–Trinajstić information content (AvgIpc) is 2.87. The van der Waals surface area contributed by atoms with Crippen molar-refractivity contribution in [1.29, 1.82) is 0 Å². The molecule has 0 aliphatic carbocycles. The monoisotopic (exact) mass is 319 g/mol. The van der Waals surface area contributed by atoms with E-state index in [9.17, 15) is 8.42 Å². The Morgan fingerprint density at radius 1 is 1.35 bits per heavy atom. The van der Waals surface area contributed by atoms with Gasteiger partial charge in [0.05, 0.1) is 0 Å². The summed E-state index contributed by atoms with van der Waals surface area (Å²) in [6.45, 7) is 6.13. The molecule has 0 unspecified atom stereocenters. The van der Waals surface area contributed by atoms with Crippen LogP contribution in [-0.4, -0.2) is 39.5 Å². The van der Waals surface area contributed by atoms with Gasteiger partial charge in [0.15, 0.2) is 0 Å². The van der Waals surface area contributed by atoms with Crippen molar-refractivity contribution in [1.82, 2.24) is 9.62 Å². The Kier molecular flexibility index (Phi) is 7.11. The lowest BCUT2D eigenvalue weighted by Gasteiger charge is -2.20. The quantitative estimate of drug-likeness (QED) is 0.678. The van der Waals surface area contributed by atoms with E-state index >= 15 is 0 Å². The Morgan fingerprint density at radius 3 is 2.60 bits per heavy atom. The molecule has 0 amide bonds. The number of nitrogens with zero attached hydrogens (tertiary/aromatic N) is 1. The first kappa shape index (κ1) is 17.6. The minimum atomic E-state index is -3.37. The van der Waals surface area contributed by atoms with E-state index in [2.05, 4.69) is 30.5 Å². The molecule has 0 saturated heterocycles. The van der Waals surface area contributed by atoms with Gasteiger partial charge in [0.25, 0.3) is 0 Å². The molecule has 0 aromatic carbocycles. The van der Waals surface area contributed by atoms with Crippen LogP contribution in [0.3, 0.4) is 0 Å². The van der Waals surface area contributed by atoms with Crippen LogP contribution in [0, 0.1) is 0 Å². The number of nitrogens with one attached hydrogen (secondary N) is 1. The van der Waals surface area contributed by atoms with Gasteiger partial charge in [0.1, 0.15) is 4.21 Å². The first-order valence-electron chi connectivity index (χ1n) is 6.85. The summed E-state index contributed by atoms with van der Waals surface area (Å²) in [5.74, 6) is 0. The summed E-state index contributed by atoms with van der Waals surface area (Å²) in [7, 11) is -1.29. The second-order valence-corrected chi connectivity index (χ2v) is 8.27. The Labute approximate surface area is 126 Å². The van der Waals surface area contributed by atoms with Crippen molar-refractivity contribution in [2.24, 2.45) is 5.73 Å². The summed E-state index contributed by atoms with van der Waals surface area (Å²) in [5, 5.41) is 0. The van der Waals surface area contributed by atoms with E-state index < -0.39 is 10.0 Å². The predicted octanol–water partition coefficient (Wildman–Crippen LogP) is 1.61. The number of hydrogen-bond acceptors (Lipinski definition) is 5. The van der Waals surface area contributed by atoms with Crippen LogP contribution >= 0.6 is 11.3 Å². The minimum Gasteiger partial charge on any atom is -0.326 e. The van der Waals surface area contributed by atoms with Crippen LogP contribution in [0.15, 0.2) is 16.3 Å². The van der Waals surface area contributed by atoms with Crippen LogP contribution in [0.2, 0.25) is 0 Å². The molecule has 0 spiro atoms. The SMILES string of the molecule is CC(C)N(C)CCCCNS(=O)(=O)c1ccc(CN)s1. The minimum absolute atomic E-state index is 0.345. The van der Waals surface area contributed by atoms with Gasteiger partial charge >= 0.3 is 0 Å². The Hall–Kier alpha value is -0.470. The fourth-order valence-corrected chi connectivity index (χ4v) is 3.99. The van der Waals surface area contributed by atoms with Crippen LogP contribution in [-0.2, 0) is 16.6 Å². The number of thiophene rings is 1. The normalized spacial score (nSPS) is 12.5. The topological polar surface area (TPSA) is 75.4 Å².